The molecule has 0 aliphatic carbocycles. The first-order chi connectivity index (χ1) is 11.6. The molecule has 24 heavy (non-hydrogen) atoms. The second-order valence-corrected chi connectivity index (χ2v) is 6.19. The van der Waals surface area contributed by atoms with E-state index in [1.54, 1.807) is 30.1 Å². The van der Waals surface area contributed by atoms with E-state index in [1.165, 1.54) is 12.4 Å². The third-order valence-electron chi connectivity index (χ3n) is 4.49. The Labute approximate surface area is 140 Å². The van der Waals surface area contributed by atoms with E-state index < -0.39 is 0 Å². The molecule has 1 amide bonds. The van der Waals surface area contributed by atoms with E-state index in [9.17, 15) is 9.18 Å². The molecule has 0 radical (unpaired) electrons. The summed E-state index contributed by atoms with van der Waals surface area (Å²) in [6.07, 6.45) is 4.63. The lowest BCUT2D eigenvalue weighted by atomic mass is 10.0. The van der Waals surface area contributed by atoms with Crippen LogP contribution in [0.2, 0.25) is 0 Å². The van der Waals surface area contributed by atoms with Crippen molar-refractivity contribution in [1.29, 1.82) is 0 Å². The number of carbonyl (C=O) groups is 1. The first kappa shape index (κ1) is 16.6. The molecule has 2 heterocycles. The molecule has 128 valence electrons. The Morgan fingerprint density at radius 3 is 3.00 bits per heavy atom. The number of hydrogen-bond donors (Lipinski definition) is 1. The smallest absolute Gasteiger partial charge is 0.236 e. The minimum Gasteiger partial charge on any atom is -0.340 e. The number of nitrogens with zero attached hydrogens (tertiary/aromatic N) is 4. The number of likely N-dealkylation sites (N-methyl/N-ethyl adjacent to an activating group) is 1. The highest BCUT2D eigenvalue weighted by Gasteiger charge is 2.28. The second-order valence-electron chi connectivity index (χ2n) is 6.19. The molecule has 1 N–H and O–H groups in total. The molecule has 1 atom stereocenters. The minimum absolute atomic E-state index is 0.0235. The summed E-state index contributed by atoms with van der Waals surface area (Å²) in [7, 11) is 1.71. The molecule has 7 heteroatoms. The number of aromatic nitrogens is 3. The van der Waals surface area contributed by atoms with E-state index in [1.807, 2.05) is 0 Å². The maximum atomic E-state index is 13.8. The van der Waals surface area contributed by atoms with Crippen molar-refractivity contribution in [2.75, 3.05) is 20.1 Å². The molecule has 1 aliphatic rings. The van der Waals surface area contributed by atoms with Gasteiger partial charge in [0.2, 0.25) is 5.91 Å². The minimum atomic E-state index is -0.283. The van der Waals surface area contributed by atoms with Crippen LogP contribution in [0.3, 0.4) is 0 Å². The Morgan fingerprint density at radius 2 is 2.25 bits per heavy atom. The third-order valence-corrected chi connectivity index (χ3v) is 4.49. The fourth-order valence-electron chi connectivity index (χ4n) is 3.13. The fraction of sp³-hybridized carbons (Fsp3) is 0.471. The molecular formula is C17H22FN5O. The SMILES string of the molecule is CN(Cc1ccccc1F)C(=O)CN1CCCC[C@@H]1c1ncn[nH]1. The molecule has 2 aromatic rings. The number of halogens is 1. The predicted octanol–water partition coefficient (Wildman–Crippen LogP) is 2.13. The lowest BCUT2D eigenvalue weighted by Gasteiger charge is -2.34. The first-order valence-corrected chi connectivity index (χ1v) is 8.22. The maximum Gasteiger partial charge on any atom is 0.236 e. The number of rotatable bonds is 5. The van der Waals surface area contributed by atoms with E-state index >= 15 is 0 Å². The zero-order valence-electron chi connectivity index (χ0n) is 13.8. The highest BCUT2D eigenvalue weighted by molar-refractivity contribution is 5.78. The van der Waals surface area contributed by atoms with Crippen molar-refractivity contribution in [1.82, 2.24) is 25.0 Å². The summed E-state index contributed by atoms with van der Waals surface area (Å²) in [6.45, 7) is 1.42. The van der Waals surface area contributed by atoms with Crippen molar-refractivity contribution in [3.63, 3.8) is 0 Å². The van der Waals surface area contributed by atoms with Crippen LogP contribution in [0.25, 0.3) is 0 Å². The van der Waals surface area contributed by atoms with Crippen LogP contribution in [0.1, 0.15) is 36.7 Å². The molecule has 3 rings (SSSR count). The Morgan fingerprint density at radius 1 is 1.42 bits per heavy atom. The average molecular weight is 331 g/mol. The van der Waals surface area contributed by atoms with Crippen LogP contribution in [-0.2, 0) is 11.3 Å². The van der Waals surface area contributed by atoms with Crippen LogP contribution in [0, 0.1) is 5.82 Å². The molecule has 0 unspecified atom stereocenters. The normalized spacial score (nSPS) is 18.5. The standard InChI is InChI=1S/C17H22FN5O/c1-22(10-13-6-2-3-7-14(13)18)16(24)11-23-9-5-4-8-15(23)17-19-12-20-21-17/h2-3,6-7,12,15H,4-5,8-11H2,1H3,(H,19,20,21)/t15-/m1/s1. The summed E-state index contributed by atoms with van der Waals surface area (Å²) >= 11 is 0. The number of benzene rings is 1. The third kappa shape index (κ3) is 3.79. The molecule has 0 spiro atoms. The van der Waals surface area contributed by atoms with Gasteiger partial charge in [-0.2, -0.15) is 5.10 Å². The van der Waals surface area contributed by atoms with Crippen LogP contribution < -0.4 is 0 Å². The molecule has 1 aromatic carbocycles. The number of carbonyl (C=O) groups excluding carboxylic acids is 1. The van der Waals surface area contributed by atoms with Crippen molar-refractivity contribution in [2.24, 2.45) is 0 Å². The fourth-order valence-corrected chi connectivity index (χ4v) is 3.13. The lowest BCUT2D eigenvalue weighted by molar-refractivity contribution is -0.132. The summed E-state index contributed by atoms with van der Waals surface area (Å²) in [4.78, 5) is 20.5. The highest BCUT2D eigenvalue weighted by atomic mass is 19.1. The maximum absolute atomic E-state index is 13.8. The lowest BCUT2D eigenvalue weighted by Crippen LogP contribution is -2.42. The van der Waals surface area contributed by atoms with Gasteiger partial charge in [0.05, 0.1) is 12.6 Å². The van der Waals surface area contributed by atoms with Crippen LogP contribution in [0.4, 0.5) is 4.39 Å². The quantitative estimate of drug-likeness (QED) is 0.911. The largest absolute Gasteiger partial charge is 0.340 e. The van der Waals surface area contributed by atoms with Gasteiger partial charge >= 0.3 is 0 Å². The van der Waals surface area contributed by atoms with Gasteiger partial charge in [0.1, 0.15) is 18.0 Å². The van der Waals surface area contributed by atoms with Gasteiger partial charge in [0.25, 0.3) is 0 Å². The van der Waals surface area contributed by atoms with Crippen molar-refractivity contribution in [3.8, 4) is 0 Å². The highest BCUT2D eigenvalue weighted by Crippen LogP contribution is 2.28. The molecule has 0 bridgehead atoms. The Bertz CT molecular complexity index is 675. The van der Waals surface area contributed by atoms with E-state index in [4.69, 9.17) is 0 Å². The zero-order valence-corrected chi connectivity index (χ0v) is 13.8. The van der Waals surface area contributed by atoms with Gasteiger partial charge in [0.15, 0.2) is 0 Å². The van der Waals surface area contributed by atoms with Gasteiger partial charge in [-0.3, -0.25) is 14.8 Å². The van der Waals surface area contributed by atoms with Crippen LogP contribution in [-0.4, -0.2) is 51.0 Å². The number of piperidine rings is 1. The van der Waals surface area contributed by atoms with Crippen molar-refractivity contribution in [3.05, 3.63) is 47.8 Å². The average Bonchev–Trinajstić information content (AvgIpc) is 3.11. The predicted molar refractivity (Wildman–Crippen MR) is 87.4 cm³/mol. The molecule has 1 aromatic heterocycles. The monoisotopic (exact) mass is 331 g/mol. The summed E-state index contributed by atoms with van der Waals surface area (Å²) in [6, 6.07) is 6.64. The first-order valence-electron chi connectivity index (χ1n) is 8.22. The molecule has 0 saturated carbocycles. The Kier molecular flexibility index (Phi) is 5.20. The topological polar surface area (TPSA) is 65.1 Å². The van der Waals surface area contributed by atoms with Gasteiger partial charge in [-0.15, -0.1) is 0 Å². The summed E-state index contributed by atoms with van der Waals surface area (Å²) in [5.74, 6) is 0.499. The number of H-pyrrole nitrogens is 1. The molecule has 6 nitrogen and oxygen atoms in total. The van der Waals surface area contributed by atoms with Crippen molar-refractivity contribution in [2.45, 2.75) is 31.8 Å². The Hall–Kier alpha value is -2.28. The van der Waals surface area contributed by atoms with Gasteiger partial charge in [-0.25, -0.2) is 9.37 Å². The summed E-state index contributed by atoms with van der Waals surface area (Å²) < 4.78 is 13.8. The van der Waals surface area contributed by atoms with Crippen molar-refractivity contribution >= 4 is 5.91 Å². The second kappa shape index (κ2) is 7.53. The van der Waals surface area contributed by atoms with Crippen LogP contribution in [0.5, 0.6) is 0 Å². The number of aromatic amines is 1. The number of nitrogens with one attached hydrogen (secondary N) is 1. The molecular weight excluding hydrogens is 309 g/mol. The van der Waals surface area contributed by atoms with Gasteiger partial charge in [-0.1, -0.05) is 24.6 Å². The molecule has 1 fully saturated rings. The van der Waals surface area contributed by atoms with Gasteiger partial charge < -0.3 is 4.90 Å². The van der Waals surface area contributed by atoms with Gasteiger partial charge in [-0.05, 0) is 25.5 Å². The Balaban J connectivity index is 1.63. The number of amides is 1. The van der Waals surface area contributed by atoms with Crippen LogP contribution in [0.15, 0.2) is 30.6 Å². The van der Waals surface area contributed by atoms with E-state index in [0.717, 1.165) is 31.6 Å². The zero-order chi connectivity index (χ0) is 16.9. The molecule has 1 saturated heterocycles. The number of likely N-dealkylation sites (tertiary alicyclic amines) is 1. The van der Waals surface area contributed by atoms with E-state index in [2.05, 4.69) is 20.1 Å². The van der Waals surface area contributed by atoms with Crippen LogP contribution >= 0.6 is 0 Å². The molecule has 1 aliphatic heterocycles. The summed E-state index contributed by atoms with van der Waals surface area (Å²) in [5, 5.41) is 6.82. The summed E-state index contributed by atoms with van der Waals surface area (Å²) in [5.41, 5.74) is 0.527. The van der Waals surface area contributed by atoms with Gasteiger partial charge in [0, 0.05) is 19.2 Å². The van der Waals surface area contributed by atoms with E-state index in [0.29, 0.717) is 12.1 Å². The van der Waals surface area contributed by atoms with Crippen molar-refractivity contribution < 1.29 is 9.18 Å². The van der Waals surface area contributed by atoms with E-state index in [-0.39, 0.29) is 24.3 Å². The number of hydrogen-bond acceptors (Lipinski definition) is 4.